The highest BCUT2D eigenvalue weighted by Gasteiger charge is 2.31. The second kappa shape index (κ2) is 5.14. The molecule has 1 aromatic rings. The van der Waals surface area contributed by atoms with Crippen molar-refractivity contribution in [1.29, 1.82) is 0 Å². The molecule has 18 heavy (non-hydrogen) atoms. The second-order valence-electron chi connectivity index (χ2n) is 5.43. The normalized spacial score (nSPS) is 27.9. The fourth-order valence-corrected chi connectivity index (χ4v) is 3.19. The molecule has 0 aliphatic carbocycles. The Morgan fingerprint density at radius 2 is 2.39 bits per heavy atom. The minimum absolute atomic E-state index is 0.280. The molecule has 0 radical (unpaired) electrons. The molecule has 2 fully saturated rings. The van der Waals surface area contributed by atoms with E-state index >= 15 is 0 Å². The van der Waals surface area contributed by atoms with E-state index < -0.39 is 0 Å². The number of nitrogens with one attached hydrogen (secondary N) is 2. The fourth-order valence-electron chi connectivity index (χ4n) is 3.19. The first kappa shape index (κ1) is 11.8. The van der Waals surface area contributed by atoms with E-state index in [0.717, 1.165) is 38.9 Å². The first-order valence-electron chi connectivity index (χ1n) is 6.98. The average molecular weight is 247 g/mol. The first-order valence-corrected chi connectivity index (χ1v) is 6.98. The van der Waals surface area contributed by atoms with Crippen molar-refractivity contribution in [3.8, 4) is 0 Å². The molecule has 2 aliphatic rings. The number of aromatic amines is 1. The molecule has 0 bridgehead atoms. The molecule has 3 heterocycles. The van der Waals surface area contributed by atoms with Crippen LogP contribution in [-0.4, -0.2) is 35.4 Å². The molecule has 0 aromatic carbocycles. The molecule has 98 valence electrons. The number of carbonyl (C=O) groups is 1. The molecule has 3 rings (SSSR count). The lowest BCUT2D eigenvalue weighted by Crippen LogP contribution is -2.32. The maximum atomic E-state index is 12.4. The Hall–Kier alpha value is -1.29. The van der Waals surface area contributed by atoms with Gasteiger partial charge in [-0.2, -0.15) is 0 Å². The molecule has 0 spiro atoms. The van der Waals surface area contributed by atoms with Gasteiger partial charge in [-0.05, 0) is 50.4 Å². The summed E-state index contributed by atoms with van der Waals surface area (Å²) in [5.41, 5.74) is 1.19. The van der Waals surface area contributed by atoms with E-state index in [0.29, 0.717) is 18.2 Å². The van der Waals surface area contributed by atoms with Crippen LogP contribution in [0, 0.1) is 5.92 Å². The van der Waals surface area contributed by atoms with Crippen LogP contribution < -0.4 is 5.32 Å². The largest absolute Gasteiger partial charge is 0.363 e. The van der Waals surface area contributed by atoms with Gasteiger partial charge in [0, 0.05) is 24.9 Å². The summed E-state index contributed by atoms with van der Waals surface area (Å²) >= 11 is 0. The van der Waals surface area contributed by atoms with E-state index in [4.69, 9.17) is 0 Å². The Morgan fingerprint density at radius 3 is 3.11 bits per heavy atom. The zero-order valence-electron chi connectivity index (χ0n) is 10.7. The SMILES string of the molecule is O=C(CC1CCNC1)N1CCCC1c1ccc[nH]1. The van der Waals surface area contributed by atoms with Gasteiger partial charge in [0.05, 0.1) is 6.04 Å². The van der Waals surface area contributed by atoms with Gasteiger partial charge < -0.3 is 15.2 Å². The number of rotatable bonds is 3. The smallest absolute Gasteiger partial charge is 0.223 e. The van der Waals surface area contributed by atoms with E-state index in [1.54, 1.807) is 0 Å². The second-order valence-corrected chi connectivity index (χ2v) is 5.43. The molecule has 2 aliphatic heterocycles. The summed E-state index contributed by atoms with van der Waals surface area (Å²) in [6.07, 6.45) is 6.02. The molecule has 4 heteroatoms. The number of nitrogens with zero attached hydrogens (tertiary/aromatic N) is 1. The monoisotopic (exact) mass is 247 g/mol. The van der Waals surface area contributed by atoms with Gasteiger partial charge in [0.1, 0.15) is 0 Å². The lowest BCUT2D eigenvalue weighted by molar-refractivity contribution is -0.133. The van der Waals surface area contributed by atoms with Gasteiger partial charge in [-0.25, -0.2) is 0 Å². The van der Waals surface area contributed by atoms with Crippen LogP contribution in [0.5, 0.6) is 0 Å². The van der Waals surface area contributed by atoms with Crippen LogP contribution >= 0.6 is 0 Å². The van der Waals surface area contributed by atoms with E-state index in [-0.39, 0.29) is 6.04 Å². The summed E-state index contributed by atoms with van der Waals surface area (Å²) in [7, 11) is 0. The van der Waals surface area contributed by atoms with Crippen LogP contribution in [0.1, 0.15) is 37.4 Å². The Kier molecular flexibility index (Phi) is 3.37. The summed E-state index contributed by atoms with van der Waals surface area (Å²) in [6.45, 7) is 2.99. The summed E-state index contributed by atoms with van der Waals surface area (Å²) in [5.74, 6) is 0.878. The van der Waals surface area contributed by atoms with Gasteiger partial charge in [-0.15, -0.1) is 0 Å². The molecule has 4 nitrogen and oxygen atoms in total. The van der Waals surface area contributed by atoms with E-state index in [1.807, 2.05) is 12.3 Å². The maximum absolute atomic E-state index is 12.4. The van der Waals surface area contributed by atoms with Gasteiger partial charge in [0.15, 0.2) is 0 Å². The van der Waals surface area contributed by atoms with Crippen molar-refractivity contribution in [2.24, 2.45) is 5.92 Å². The standard InChI is InChI=1S/C14H21N3O/c18-14(9-11-5-7-15-10-11)17-8-2-4-13(17)12-3-1-6-16-12/h1,3,6,11,13,15-16H,2,4-5,7-10H2. The third-order valence-corrected chi connectivity index (χ3v) is 4.18. The van der Waals surface area contributed by atoms with E-state index in [9.17, 15) is 4.79 Å². The van der Waals surface area contributed by atoms with Crippen molar-refractivity contribution in [3.63, 3.8) is 0 Å². The summed E-state index contributed by atoms with van der Waals surface area (Å²) < 4.78 is 0. The van der Waals surface area contributed by atoms with Gasteiger partial charge in [0.2, 0.25) is 5.91 Å². The predicted molar refractivity (Wildman–Crippen MR) is 70.1 cm³/mol. The van der Waals surface area contributed by atoms with Crippen LogP contribution in [0.15, 0.2) is 18.3 Å². The van der Waals surface area contributed by atoms with Gasteiger partial charge in [0.25, 0.3) is 0 Å². The Balaban J connectivity index is 1.65. The Bertz CT molecular complexity index is 395. The number of H-pyrrole nitrogens is 1. The molecule has 1 aromatic heterocycles. The lowest BCUT2D eigenvalue weighted by atomic mass is 10.0. The molecule has 2 atom stereocenters. The summed E-state index contributed by atoms with van der Waals surface area (Å²) in [4.78, 5) is 17.7. The quantitative estimate of drug-likeness (QED) is 0.853. The highest BCUT2D eigenvalue weighted by molar-refractivity contribution is 5.77. The highest BCUT2D eigenvalue weighted by atomic mass is 16.2. The molecular formula is C14H21N3O. The zero-order chi connectivity index (χ0) is 12.4. The van der Waals surface area contributed by atoms with Gasteiger partial charge in [-0.1, -0.05) is 0 Å². The van der Waals surface area contributed by atoms with Crippen LogP contribution in [0.25, 0.3) is 0 Å². The topological polar surface area (TPSA) is 48.1 Å². The molecule has 1 amide bonds. The van der Waals surface area contributed by atoms with E-state index in [1.165, 1.54) is 5.69 Å². The van der Waals surface area contributed by atoms with Crippen molar-refractivity contribution in [3.05, 3.63) is 24.0 Å². The van der Waals surface area contributed by atoms with E-state index in [2.05, 4.69) is 21.3 Å². The summed E-state index contributed by atoms with van der Waals surface area (Å²) in [5, 5.41) is 3.33. The minimum Gasteiger partial charge on any atom is -0.363 e. The van der Waals surface area contributed by atoms with Crippen LogP contribution in [0.2, 0.25) is 0 Å². The fraction of sp³-hybridized carbons (Fsp3) is 0.643. The molecule has 2 unspecified atom stereocenters. The molecular weight excluding hydrogens is 226 g/mol. The van der Waals surface area contributed by atoms with Crippen molar-refractivity contribution in [2.45, 2.75) is 31.7 Å². The zero-order valence-corrected chi connectivity index (χ0v) is 10.7. The maximum Gasteiger partial charge on any atom is 0.223 e. The number of amides is 1. The summed E-state index contributed by atoms with van der Waals surface area (Å²) in [6, 6.07) is 4.38. The molecule has 2 N–H and O–H groups in total. The average Bonchev–Trinajstić information content (AvgIpc) is 3.11. The van der Waals surface area contributed by atoms with Gasteiger partial charge in [-0.3, -0.25) is 4.79 Å². The lowest BCUT2D eigenvalue weighted by Gasteiger charge is -2.25. The van der Waals surface area contributed by atoms with Crippen LogP contribution in [-0.2, 0) is 4.79 Å². The first-order chi connectivity index (χ1) is 8.84. The minimum atomic E-state index is 0.280. The Morgan fingerprint density at radius 1 is 1.44 bits per heavy atom. The highest BCUT2D eigenvalue weighted by Crippen LogP contribution is 2.32. The number of likely N-dealkylation sites (tertiary alicyclic amines) is 1. The predicted octanol–water partition coefficient (Wildman–Crippen LogP) is 1.68. The Labute approximate surface area is 108 Å². The van der Waals surface area contributed by atoms with Crippen molar-refractivity contribution in [2.75, 3.05) is 19.6 Å². The van der Waals surface area contributed by atoms with Crippen molar-refractivity contribution < 1.29 is 4.79 Å². The number of aromatic nitrogens is 1. The molecule has 2 saturated heterocycles. The van der Waals surface area contributed by atoms with Crippen molar-refractivity contribution in [1.82, 2.24) is 15.2 Å². The number of hydrogen-bond acceptors (Lipinski definition) is 2. The number of carbonyl (C=O) groups excluding carboxylic acids is 1. The van der Waals surface area contributed by atoms with Crippen LogP contribution in [0.4, 0.5) is 0 Å². The van der Waals surface area contributed by atoms with Gasteiger partial charge >= 0.3 is 0 Å². The third kappa shape index (κ3) is 2.29. The van der Waals surface area contributed by atoms with Crippen LogP contribution in [0.3, 0.4) is 0 Å². The number of hydrogen-bond donors (Lipinski definition) is 2. The third-order valence-electron chi connectivity index (χ3n) is 4.18. The van der Waals surface area contributed by atoms with Crippen molar-refractivity contribution >= 4 is 5.91 Å². The molecule has 0 saturated carbocycles.